The van der Waals surface area contributed by atoms with Gasteiger partial charge in [0.1, 0.15) is 6.17 Å². The van der Waals surface area contributed by atoms with E-state index in [0.717, 1.165) is 5.56 Å². The average molecular weight is 220 g/mol. The number of aliphatic imine (C=N–C) groups is 1. The molecule has 1 aliphatic heterocycles. The van der Waals surface area contributed by atoms with Gasteiger partial charge in [-0.1, -0.05) is 29.8 Å². The van der Waals surface area contributed by atoms with Crippen LogP contribution in [0.2, 0.25) is 0 Å². The van der Waals surface area contributed by atoms with E-state index in [1.165, 1.54) is 5.56 Å². The van der Waals surface area contributed by atoms with Crippen molar-refractivity contribution in [3.8, 4) is 0 Å². The number of aryl methyl sites for hydroxylation is 1. The smallest absolute Gasteiger partial charge is 0.197 e. The molecule has 0 saturated carbocycles. The molecule has 78 valence electrons. The molecule has 0 aliphatic carbocycles. The van der Waals surface area contributed by atoms with E-state index < -0.39 is 0 Å². The van der Waals surface area contributed by atoms with Gasteiger partial charge < -0.3 is 16.4 Å². The number of rotatable bonds is 1. The van der Waals surface area contributed by atoms with E-state index in [2.05, 4.69) is 21.7 Å². The topological polar surface area (TPSA) is 62.4 Å². The molecule has 2 rings (SSSR count). The number of nitrogens with one attached hydrogen (secondary N) is 2. The Labute approximate surface area is 93.6 Å². The summed E-state index contributed by atoms with van der Waals surface area (Å²) < 4.78 is 0. The highest BCUT2D eigenvalue weighted by Crippen LogP contribution is 2.16. The average Bonchev–Trinajstić information content (AvgIpc) is 2.16. The van der Waals surface area contributed by atoms with Gasteiger partial charge in [0.05, 0.1) is 0 Å². The third-order valence-corrected chi connectivity index (χ3v) is 2.36. The molecule has 4 N–H and O–H groups in total. The first kappa shape index (κ1) is 9.92. The second-order valence-corrected chi connectivity index (χ2v) is 3.84. The summed E-state index contributed by atoms with van der Waals surface area (Å²) in [5.74, 6) is 0.352. The molecule has 1 aromatic rings. The Hall–Kier alpha value is -1.62. The molecule has 0 aromatic heterocycles. The summed E-state index contributed by atoms with van der Waals surface area (Å²) in [6, 6.07) is 8.08. The van der Waals surface area contributed by atoms with Crippen LogP contribution in [0.1, 0.15) is 17.3 Å². The van der Waals surface area contributed by atoms with E-state index in [4.69, 9.17) is 18.0 Å². The lowest BCUT2D eigenvalue weighted by molar-refractivity contribution is 0.659. The first-order chi connectivity index (χ1) is 7.15. The van der Waals surface area contributed by atoms with Gasteiger partial charge in [-0.05, 0) is 24.7 Å². The molecule has 0 bridgehead atoms. The Bertz CT molecular complexity index is 427. The molecule has 0 radical (unpaired) electrons. The van der Waals surface area contributed by atoms with Crippen molar-refractivity contribution in [2.75, 3.05) is 0 Å². The fourth-order valence-corrected chi connectivity index (χ4v) is 1.69. The highest BCUT2D eigenvalue weighted by atomic mass is 32.1. The molecular weight excluding hydrogens is 208 g/mol. The van der Waals surface area contributed by atoms with Crippen LogP contribution in [0.15, 0.2) is 29.3 Å². The Kier molecular flexibility index (Phi) is 2.55. The maximum absolute atomic E-state index is 5.60. The van der Waals surface area contributed by atoms with Crippen molar-refractivity contribution in [3.05, 3.63) is 35.4 Å². The first-order valence-corrected chi connectivity index (χ1v) is 5.03. The van der Waals surface area contributed by atoms with Crippen LogP contribution >= 0.6 is 12.2 Å². The molecule has 1 unspecified atom stereocenters. The minimum atomic E-state index is -0.182. The fourth-order valence-electron chi connectivity index (χ4n) is 1.48. The molecule has 0 amide bonds. The SMILES string of the molecule is Cc1cccc(C2N=C(N)NC(=S)N2)c1. The van der Waals surface area contributed by atoms with Gasteiger partial charge >= 0.3 is 0 Å². The van der Waals surface area contributed by atoms with Gasteiger partial charge in [-0.2, -0.15) is 0 Å². The summed E-state index contributed by atoms with van der Waals surface area (Å²) in [7, 11) is 0. The molecule has 1 atom stereocenters. The third-order valence-electron chi connectivity index (χ3n) is 2.14. The van der Waals surface area contributed by atoms with Crippen molar-refractivity contribution >= 4 is 23.3 Å². The predicted molar refractivity (Wildman–Crippen MR) is 64.4 cm³/mol. The van der Waals surface area contributed by atoms with Crippen LogP contribution in [0, 0.1) is 6.92 Å². The molecule has 0 spiro atoms. The number of thiocarbonyl (C=S) groups is 1. The monoisotopic (exact) mass is 220 g/mol. The highest BCUT2D eigenvalue weighted by molar-refractivity contribution is 7.80. The predicted octanol–water partition coefficient (Wildman–Crippen LogP) is 0.786. The summed E-state index contributed by atoms with van der Waals surface area (Å²) >= 11 is 5.01. The third kappa shape index (κ3) is 2.24. The Morgan fingerprint density at radius 1 is 1.47 bits per heavy atom. The normalized spacial score (nSPS) is 20.2. The van der Waals surface area contributed by atoms with Crippen LogP contribution in [0.25, 0.3) is 0 Å². The zero-order valence-corrected chi connectivity index (χ0v) is 9.14. The van der Waals surface area contributed by atoms with Crippen LogP contribution in [0.4, 0.5) is 0 Å². The lowest BCUT2D eigenvalue weighted by atomic mass is 10.1. The zero-order chi connectivity index (χ0) is 10.8. The standard InChI is InChI=1S/C10H12N4S/c1-6-3-2-4-7(5-6)8-12-9(11)14-10(15)13-8/h2-5,8H,1H3,(H4,11,12,13,14,15). The second-order valence-electron chi connectivity index (χ2n) is 3.43. The molecule has 1 aliphatic rings. The van der Waals surface area contributed by atoms with Crippen molar-refractivity contribution in [2.45, 2.75) is 13.1 Å². The molecule has 0 saturated heterocycles. The van der Waals surface area contributed by atoms with E-state index in [1.54, 1.807) is 0 Å². The van der Waals surface area contributed by atoms with Crippen molar-refractivity contribution in [3.63, 3.8) is 0 Å². The largest absolute Gasteiger partial charge is 0.370 e. The Morgan fingerprint density at radius 2 is 2.27 bits per heavy atom. The number of guanidine groups is 1. The lowest BCUT2D eigenvalue weighted by Gasteiger charge is -2.23. The summed E-state index contributed by atoms with van der Waals surface area (Å²) in [6.45, 7) is 2.04. The van der Waals surface area contributed by atoms with Gasteiger partial charge in [-0.25, -0.2) is 4.99 Å². The van der Waals surface area contributed by atoms with Gasteiger partial charge in [-0.3, -0.25) is 0 Å². The number of hydrogen-bond acceptors (Lipinski definition) is 3. The van der Waals surface area contributed by atoms with E-state index in [1.807, 2.05) is 25.1 Å². The van der Waals surface area contributed by atoms with Gasteiger partial charge in [0.2, 0.25) is 0 Å². The summed E-state index contributed by atoms with van der Waals surface area (Å²) in [5, 5.41) is 6.29. The number of benzene rings is 1. The molecule has 4 nitrogen and oxygen atoms in total. The highest BCUT2D eigenvalue weighted by Gasteiger charge is 2.16. The van der Waals surface area contributed by atoms with Gasteiger partial charge in [0, 0.05) is 0 Å². The minimum Gasteiger partial charge on any atom is -0.370 e. The number of nitrogens with two attached hydrogens (primary N) is 1. The van der Waals surface area contributed by atoms with Crippen LogP contribution < -0.4 is 16.4 Å². The molecular formula is C10H12N4S. The molecule has 1 aromatic carbocycles. The molecule has 0 fully saturated rings. The van der Waals surface area contributed by atoms with Crippen LogP contribution in [0.3, 0.4) is 0 Å². The van der Waals surface area contributed by atoms with E-state index in [-0.39, 0.29) is 6.17 Å². The second kappa shape index (κ2) is 3.86. The summed E-state index contributed by atoms with van der Waals surface area (Å²) in [4.78, 5) is 4.23. The van der Waals surface area contributed by atoms with Crippen molar-refractivity contribution in [1.82, 2.24) is 10.6 Å². The van der Waals surface area contributed by atoms with Crippen LogP contribution in [-0.2, 0) is 0 Å². The number of hydrogen-bond donors (Lipinski definition) is 3. The quantitative estimate of drug-likeness (QED) is 0.612. The molecule has 15 heavy (non-hydrogen) atoms. The van der Waals surface area contributed by atoms with Crippen LogP contribution in [-0.4, -0.2) is 11.1 Å². The molecule has 5 heteroatoms. The zero-order valence-electron chi connectivity index (χ0n) is 8.32. The van der Waals surface area contributed by atoms with Crippen molar-refractivity contribution in [2.24, 2.45) is 10.7 Å². The van der Waals surface area contributed by atoms with Crippen molar-refractivity contribution < 1.29 is 0 Å². The van der Waals surface area contributed by atoms with Crippen LogP contribution in [0.5, 0.6) is 0 Å². The van der Waals surface area contributed by atoms with Gasteiger partial charge in [0.15, 0.2) is 11.1 Å². The van der Waals surface area contributed by atoms with E-state index >= 15 is 0 Å². The van der Waals surface area contributed by atoms with E-state index in [0.29, 0.717) is 11.1 Å². The minimum absolute atomic E-state index is 0.182. The van der Waals surface area contributed by atoms with Gasteiger partial charge in [0.25, 0.3) is 0 Å². The Morgan fingerprint density at radius 3 is 2.93 bits per heavy atom. The summed E-state index contributed by atoms with van der Waals surface area (Å²) in [6.07, 6.45) is -0.182. The Balaban J connectivity index is 2.31. The molecule has 1 heterocycles. The van der Waals surface area contributed by atoms with E-state index in [9.17, 15) is 0 Å². The first-order valence-electron chi connectivity index (χ1n) is 4.62. The van der Waals surface area contributed by atoms with Crippen molar-refractivity contribution in [1.29, 1.82) is 0 Å². The maximum atomic E-state index is 5.60. The van der Waals surface area contributed by atoms with Gasteiger partial charge in [-0.15, -0.1) is 0 Å². The maximum Gasteiger partial charge on any atom is 0.197 e. The lowest BCUT2D eigenvalue weighted by Crippen LogP contribution is -2.49. The summed E-state index contributed by atoms with van der Waals surface area (Å²) in [5.41, 5.74) is 7.85. The fraction of sp³-hybridized carbons (Fsp3) is 0.200. The number of nitrogens with zero attached hydrogens (tertiary/aromatic N) is 1.